The molecule has 0 aromatic carbocycles. The predicted octanol–water partition coefficient (Wildman–Crippen LogP) is 0.949. The lowest BCUT2D eigenvalue weighted by atomic mass is 10.2. The first-order chi connectivity index (χ1) is 8.81. The molecule has 2 N–H and O–H groups in total. The smallest absolute Gasteiger partial charge is 0.255 e. The van der Waals surface area contributed by atoms with Crippen molar-refractivity contribution in [3.05, 3.63) is 23.9 Å². The molecule has 0 spiro atoms. The van der Waals surface area contributed by atoms with E-state index in [-0.39, 0.29) is 5.91 Å². The molecule has 0 unspecified atom stereocenters. The second kappa shape index (κ2) is 6.35. The van der Waals surface area contributed by atoms with E-state index in [1.165, 1.54) is 12.8 Å². The molecule has 98 valence electrons. The largest absolute Gasteiger partial charge is 0.372 e. The van der Waals surface area contributed by atoms with Gasteiger partial charge in [0.1, 0.15) is 5.82 Å². The van der Waals surface area contributed by atoms with Crippen LogP contribution in [0.1, 0.15) is 23.2 Å². The number of carbonyl (C=O) groups excluding carboxylic acids is 1. The summed E-state index contributed by atoms with van der Waals surface area (Å²) in [6.45, 7) is 3.94. The van der Waals surface area contributed by atoms with Crippen LogP contribution in [0.4, 0.5) is 5.82 Å². The van der Waals surface area contributed by atoms with E-state index >= 15 is 0 Å². The highest BCUT2D eigenvalue weighted by atomic mass is 16.1. The van der Waals surface area contributed by atoms with Crippen molar-refractivity contribution in [2.75, 3.05) is 38.5 Å². The van der Waals surface area contributed by atoms with E-state index in [1.807, 2.05) is 0 Å². The van der Waals surface area contributed by atoms with Crippen LogP contribution >= 0.6 is 0 Å². The van der Waals surface area contributed by atoms with Crippen molar-refractivity contribution in [1.29, 1.82) is 0 Å². The molecule has 2 rings (SSSR count). The third-order valence-electron chi connectivity index (χ3n) is 3.20. The lowest BCUT2D eigenvalue weighted by molar-refractivity contribution is 0.0950. The lowest BCUT2D eigenvalue weighted by Gasteiger charge is -2.15. The Balaban J connectivity index is 1.83. The van der Waals surface area contributed by atoms with Crippen LogP contribution in [0.2, 0.25) is 0 Å². The Morgan fingerprint density at radius 2 is 2.22 bits per heavy atom. The summed E-state index contributed by atoms with van der Waals surface area (Å²) in [5.74, 6) is 0.558. The van der Waals surface area contributed by atoms with Crippen molar-refractivity contribution in [1.82, 2.24) is 15.2 Å². The maximum atomic E-state index is 12.0. The Bertz CT molecular complexity index is 402. The lowest BCUT2D eigenvalue weighted by Crippen LogP contribution is -2.33. The van der Waals surface area contributed by atoms with Crippen molar-refractivity contribution in [2.24, 2.45) is 0 Å². The molecule has 1 aromatic rings. The number of rotatable bonds is 5. The highest BCUT2D eigenvalue weighted by Crippen LogP contribution is 2.10. The second-order valence-electron chi connectivity index (χ2n) is 4.45. The van der Waals surface area contributed by atoms with Crippen LogP contribution in [0.15, 0.2) is 18.3 Å². The van der Waals surface area contributed by atoms with Crippen molar-refractivity contribution in [3.63, 3.8) is 0 Å². The molecule has 1 saturated heterocycles. The van der Waals surface area contributed by atoms with Gasteiger partial charge in [-0.15, -0.1) is 0 Å². The molecule has 0 bridgehead atoms. The van der Waals surface area contributed by atoms with E-state index in [0.29, 0.717) is 17.9 Å². The maximum Gasteiger partial charge on any atom is 0.255 e. The SMILES string of the molecule is CNc1ncccc1C(=O)NCCN1CCCC1. The van der Waals surface area contributed by atoms with E-state index in [0.717, 1.165) is 19.6 Å². The van der Waals surface area contributed by atoms with Gasteiger partial charge in [-0.2, -0.15) is 0 Å². The summed E-state index contributed by atoms with van der Waals surface area (Å²) in [4.78, 5) is 18.5. The number of pyridine rings is 1. The van der Waals surface area contributed by atoms with E-state index < -0.39 is 0 Å². The van der Waals surface area contributed by atoms with Crippen molar-refractivity contribution in [3.8, 4) is 0 Å². The molecule has 1 fully saturated rings. The van der Waals surface area contributed by atoms with Crippen LogP contribution in [0.5, 0.6) is 0 Å². The molecule has 18 heavy (non-hydrogen) atoms. The average molecular weight is 248 g/mol. The summed E-state index contributed by atoms with van der Waals surface area (Å²) in [5.41, 5.74) is 0.599. The number of nitrogens with zero attached hydrogens (tertiary/aromatic N) is 2. The number of hydrogen-bond donors (Lipinski definition) is 2. The fraction of sp³-hybridized carbons (Fsp3) is 0.538. The molecule has 1 aromatic heterocycles. The normalized spacial score (nSPS) is 15.6. The standard InChI is InChI=1S/C13H20N4O/c1-14-12-11(5-4-6-15-12)13(18)16-7-10-17-8-2-3-9-17/h4-6H,2-3,7-10H2,1H3,(H,14,15)(H,16,18). The Hall–Kier alpha value is -1.62. The summed E-state index contributed by atoms with van der Waals surface area (Å²) < 4.78 is 0. The molecule has 0 atom stereocenters. The summed E-state index contributed by atoms with van der Waals surface area (Å²) in [6.07, 6.45) is 4.23. The first-order valence-electron chi connectivity index (χ1n) is 6.44. The number of anilines is 1. The van der Waals surface area contributed by atoms with Gasteiger partial charge in [0.15, 0.2) is 0 Å². The zero-order valence-electron chi connectivity index (χ0n) is 10.8. The summed E-state index contributed by atoms with van der Waals surface area (Å²) in [7, 11) is 1.77. The van der Waals surface area contributed by atoms with Crippen LogP contribution in [-0.2, 0) is 0 Å². The fourth-order valence-electron chi connectivity index (χ4n) is 2.22. The van der Waals surface area contributed by atoms with Gasteiger partial charge in [-0.3, -0.25) is 4.79 Å². The van der Waals surface area contributed by atoms with E-state index in [2.05, 4.69) is 20.5 Å². The van der Waals surface area contributed by atoms with Crippen molar-refractivity contribution < 1.29 is 4.79 Å². The molecular weight excluding hydrogens is 228 g/mol. The van der Waals surface area contributed by atoms with Crippen molar-refractivity contribution >= 4 is 11.7 Å². The van der Waals surface area contributed by atoms with Crippen LogP contribution in [-0.4, -0.2) is 49.0 Å². The number of hydrogen-bond acceptors (Lipinski definition) is 4. The maximum absolute atomic E-state index is 12.0. The number of carbonyl (C=O) groups is 1. The highest BCUT2D eigenvalue weighted by Gasteiger charge is 2.13. The Morgan fingerprint density at radius 1 is 1.44 bits per heavy atom. The van der Waals surface area contributed by atoms with Gasteiger partial charge in [0.2, 0.25) is 0 Å². The number of likely N-dealkylation sites (tertiary alicyclic amines) is 1. The van der Waals surface area contributed by atoms with Gasteiger partial charge in [-0.05, 0) is 38.1 Å². The van der Waals surface area contributed by atoms with E-state index in [4.69, 9.17) is 0 Å². The topological polar surface area (TPSA) is 57.3 Å². The molecule has 0 aliphatic carbocycles. The van der Waals surface area contributed by atoms with Crippen LogP contribution in [0.25, 0.3) is 0 Å². The molecule has 0 radical (unpaired) electrons. The van der Waals surface area contributed by atoms with Crippen molar-refractivity contribution in [2.45, 2.75) is 12.8 Å². The van der Waals surface area contributed by atoms with Gasteiger partial charge in [0.25, 0.3) is 5.91 Å². The molecule has 1 aliphatic rings. The Labute approximate surface area is 108 Å². The number of aromatic nitrogens is 1. The highest BCUT2D eigenvalue weighted by molar-refractivity contribution is 5.98. The molecule has 5 heteroatoms. The van der Waals surface area contributed by atoms with Gasteiger partial charge in [-0.25, -0.2) is 4.98 Å². The first kappa shape index (κ1) is 12.8. The minimum atomic E-state index is -0.0633. The monoisotopic (exact) mass is 248 g/mol. The van der Waals surface area contributed by atoms with E-state index in [9.17, 15) is 4.79 Å². The number of amides is 1. The number of nitrogens with one attached hydrogen (secondary N) is 2. The summed E-state index contributed by atoms with van der Waals surface area (Å²) in [6, 6.07) is 3.56. The Morgan fingerprint density at radius 3 is 2.94 bits per heavy atom. The average Bonchev–Trinajstić information content (AvgIpc) is 2.91. The molecule has 1 aliphatic heterocycles. The van der Waals surface area contributed by atoms with Gasteiger partial charge >= 0.3 is 0 Å². The fourth-order valence-corrected chi connectivity index (χ4v) is 2.22. The van der Waals surface area contributed by atoms with Crippen LogP contribution in [0.3, 0.4) is 0 Å². The molecular formula is C13H20N4O. The molecule has 1 amide bonds. The Kier molecular flexibility index (Phi) is 4.52. The van der Waals surface area contributed by atoms with Gasteiger partial charge in [-0.1, -0.05) is 0 Å². The van der Waals surface area contributed by atoms with Gasteiger partial charge in [0, 0.05) is 26.3 Å². The molecule has 2 heterocycles. The third kappa shape index (κ3) is 3.20. The van der Waals surface area contributed by atoms with Gasteiger partial charge < -0.3 is 15.5 Å². The first-order valence-corrected chi connectivity index (χ1v) is 6.44. The van der Waals surface area contributed by atoms with E-state index in [1.54, 1.807) is 25.4 Å². The third-order valence-corrected chi connectivity index (χ3v) is 3.20. The second-order valence-corrected chi connectivity index (χ2v) is 4.45. The zero-order chi connectivity index (χ0) is 12.8. The van der Waals surface area contributed by atoms with Crippen LogP contribution < -0.4 is 10.6 Å². The zero-order valence-corrected chi connectivity index (χ0v) is 10.8. The van der Waals surface area contributed by atoms with Gasteiger partial charge in [0.05, 0.1) is 5.56 Å². The quantitative estimate of drug-likeness (QED) is 0.814. The molecule has 0 saturated carbocycles. The summed E-state index contributed by atoms with van der Waals surface area (Å²) in [5, 5.41) is 5.87. The molecule has 5 nitrogen and oxygen atoms in total. The minimum absolute atomic E-state index is 0.0633. The minimum Gasteiger partial charge on any atom is -0.372 e. The van der Waals surface area contributed by atoms with Crippen LogP contribution in [0, 0.1) is 0 Å². The summed E-state index contributed by atoms with van der Waals surface area (Å²) >= 11 is 0. The predicted molar refractivity (Wildman–Crippen MR) is 71.8 cm³/mol.